The minimum absolute atomic E-state index is 0.00882. The van der Waals surface area contributed by atoms with E-state index in [-0.39, 0.29) is 17.4 Å². The smallest absolute Gasteiger partial charge is 0.253 e. The minimum atomic E-state index is -0.131. The molecule has 4 nitrogen and oxygen atoms in total. The van der Waals surface area contributed by atoms with Crippen molar-refractivity contribution in [1.82, 2.24) is 9.80 Å². The molecule has 3 aromatic rings. The van der Waals surface area contributed by atoms with Crippen molar-refractivity contribution in [2.24, 2.45) is 0 Å². The van der Waals surface area contributed by atoms with Crippen LogP contribution in [0, 0.1) is 0 Å². The van der Waals surface area contributed by atoms with Gasteiger partial charge in [-0.1, -0.05) is 69.5 Å². The van der Waals surface area contributed by atoms with Crippen LogP contribution >= 0.6 is 39.1 Å². The molecule has 37 heavy (non-hydrogen) atoms. The van der Waals surface area contributed by atoms with Crippen molar-refractivity contribution in [1.29, 1.82) is 0 Å². The lowest BCUT2D eigenvalue weighted by Gasteiger charge is -2.40. The molecule has 0 aromatic heterocycles. The first-order chi connectivity index (χ1) is 17.8. The van der Waals surface area contributed by atoms with Gasteiger partial charge in [0.15, 0.2) is 0 Å². The Hall–Kier alpha value is -1.89. The van der Waals surface area contributed by atoms with Crippen LogP contribution < -0.4 is 0 Å². The van der Waals surface area contributed by atoms with Gasteiger partial charge < -0.3 is 14.5 Å². The summed E-state index contributed by atoms with van der Waals surface area (Å²) >= 11 is 16.0. The molecule has 1 amide bonds. The molecule has 0 unspecified atom stereocenters. The highest BCUT2D eigenvalue weighted by molar-refractivity contribution is 9.10. The second-order valence-corrected chi connectivity index (χ2v) is 11.9. The highest BCUT2D eigenvalue weighted by atomic mass is 79.9. The summed E-state index contributed by atoms with van der Waals surface area (Å²) in [5, 5.41) is 1.09. The van der Waals surface area contributed by atoms with E-state index >= 15 is 0 Å². The molecule has 5 rings (SSSR count). The molecule has 1 fully saturated rings. The van der Waals surface area contributed by atoms with Crippen LogP contribution in [0.25, 0.3) is 0 Å². The number of nitrogens with zero attached hydrogens (tertiary/aromatic N) is 2. The van der Waals surface area contributed by atoms with Gasteiger partial charge in [0.2, 0.25) is 0 Å². The normalized spacial score (nSPS) is 17.5. The first kappa shape index (κ1) is 26.7. The van der Waals surface area contributed by atoms with E-state index in [1.54, 1.807) is 0 Å². The summed E-state index contributed by atoms with van der Waals surface area (Å²) in [6.45, 7) is 4.25. The Bertz CT molecular complexity index is 1260. The molecule has 2 heterocycles. The van der Waals surface area contributed by atoms with Gasteiger partial charge in [0.25, 0.3) is 5.91 Å². The van der Waals surface area contributed by atoms with Crippen molar-refractivity contribution in [3.05, 3.63) is 104 Å². The standard InChI is InChI=1S/C30H31BrCl2N2O2/c1-34(29(36)21-6-9-25(31)10-7-21)19-23(22-8-11-27(32)28(33)18-22)12-15-35-16-13-30(14-17-35)26-5-3-2-4-24(26)20-37-30/h2-11,18,23H,12-17,19-20H2,1H3/t23-/m0/s1. The SMILES string of the molecule is CN(C[C@H](CCN1CCC2(CC1)OCc1ccccc12)c1ccc(Cl)c(Cl)c1)C(=O)c1ccc(Br)cc1. The van der Waals surface area contributed by atoms with E-state index in [2.05, 4.69) is 45.1 Å². The van der Waals surface area contributed by atoms with Crippen molar-refractivity contribution in [2.45, 2.75) is 37.4 Å². The second kappa shape index (κ2) is 11.5. The van der Waals surface area contributed by atoms with E-state index in [0.29, 0.717) is 28.8 Å². The maximum atomic E-state index is 13.1. The van der Waals surface area contributed by atoms with Crippen molar-refractivity contribution >= 4 is 45.0 Å². The van der Waals surface area contributed by atoms with Crippen molar-refractivity contribution in [3.8, 4) is 0 Å². The number of benzene rings is 3. The Morgan fingerprint density at radius 2 is 1.78 bits per heavy atom. The van der Waals surface area contributed by atoms with Crippen molar-refractivity contribution in [3.63, 3.8) is 0 Å². The molecule has 1 spiro atoms. The number of amides is 1. The molecule has 0 N–H and O–H groups in total. The maximum Gasteiger partial charge on any atom is 0.253 e. The zero-order valence-electron chi connectivity index (χ0n) is 20.9. The van der Waals surface area contributed by atoms with Gasteiger partial charge in [-0.05, 0) is 78.9 Å². The lowest BCUT2D eigenvalue weighted by atomic mass is 9.83. The van der Waals surface area contributed by atoms with Crippen LogP contribution in [0.4, 0.5) is 0 Å². The first-order valence-electron chi connectivity index (χ1n) is 12.8. The fraction of sp³-hybridized carbons (Fsp3) is 0.367. The molecule has 2 aliphatic rings. The van der Waals surface area contributed by atoms with Crippen molar-refractivity contribution < 1.29 is 9.53 Å². The number of rotatable bonds is 7. The van der Waals surface area contributed by atoms with E-state index in [1.807, 2.05) is 54.4 Å². The number of likely N-dealkylation sites (N-methyl/N-ethyl adjacent to an activating group) is 1. The maximum absolute atomic E-state index is 13.1. The van der Waals surface area contributed by atoms with Gasteiger partial charge in [-0.3, -0.25) is 4.79 Å². The number of likely N-dealkylation sites (tertiary alicyclic amines) is 1. The molecule has 0 saturated carbocycles. The zero-order chi connectivity index (χ0) is 26.0. The fourth-order valence-electron chi connectivity index (χ4n) is 5.63. The Morgan fingerprint density at radius 3 is 2.51 bits per heavy atom. The number of hydrogen-bond donors (Lipinski definition) is 0. The first-order valence-corrected chi connectivity index (χ1v) is 14.3. The Kier molecular flexibility index (Phi) is 8.28. The molecule has 1 atom stereocenters. The van der Waals surface area contributed by atoms with Crippen LogP contribution in [-0.4, -0.2) is 48.9 Å². The quantitative estimate of drug-likeness (QED) is 0.281. The predicted molar refractivity (Wildman–Crippen MR) is 154 cm³/mol. The summed E-state index contributed by atoms with van der Waals surface area (Å²) in [7, 11) is 1.87. The topological polar surface area (TPSA) is 32.8 Å². The van der Waals surface area contributed by atoms with Gasteiger partial charge in [-0.15, -0.1) is 0 Å². The largest absolute Gasteiger partial charge is 0.365 e. The van der Waals surface area contributed by atoms with Crippen LogP contribution in [0.15, 0.2) is 71.2 Å². The summed E-state index contributed by atoms with van der Waals surface area (Å²) in [4.78, 5) is 17.5. The lowest BCUT2D eigenvalue weighted by molar-refractivity contribution is -0.0790. The Morgan fingerprint density at radius 1 is 1.05 bits per heavy atom. The number of fused-ring (bicyclic) bond motifs is 2. The van der Waals surface area contributed by atoms with Crippen molar-refractivity contribution in [2.75, 3.05) is 33.2 Å². The van der Waals surface area contributed by atoms with Gasteiger partial charge in [0, 0.05) is 42.6 Å². The summed E-state index contributed by atoms with van der Waals surface area (Å²) in [6, 6.07) is 22.0. The molecule has 0 bridgehead atoms. The molecular weight excluding hydrogens is 571 g/mol. The average molecular weight is 602 g/mol. The number of hydrogen-bond acceptors (Lipinski definition) is 3. The lowest BCUT2D eigenvalue weighted by Crippen LogP contribution is -2.43. The highest BCUT2D eigenvalue weighted by Gasteiger charge is 2.42. The average Bonchev–Trinajstić information content (AvgIpc) is 3.27. The second-order valence-electron chi connectivity index (χ2n) is 10.1. The van der Waals surface area contributed by atoms with Crippen LogP contribution in [0.1, 0.15) is 52.2 Å². The molecule has 2 aliphatic heterocycles. The molecule has 1 saturated heterocycles. The van der Waals surface area contributed by atoms with Crippen LogP contribution in [0.2, 0.25) is 10.0 Å². The molecule has 0 radical (unpaired) electrons. The van der Waals surface area contributed by atoms with E-state index in [9.17, 15) is 4.79 Å². The third-order valence-electron chi connectivity index (χ3n) is 7.82. The van der Waals surface area contributed by atoms with Crippen LogP contribution in [0.5, 0.6) is 0 Å². The Balaban J connectivity index is 1.25. The monoisotopic (exact) mass is 600 g/mol. The fourth-order valence-corrected chi connectivity index (χ4v) is 6.20. The predicted octanol–water partition coefficient (Wildman–Crippen LogP) is 7.52. The summed E-state index contributed by atoms with van der Waals surface area (Å²) in [6.07, 6.45) is 2.92. The van der Waals surface area contributed by atoms with Crippen LogP contribution in [-0.2, 0) is 16.9 Å². The van der Waals surface area contributed by atoms with Crippen LogP contribution in [0.3, 0.4) is 0 Å². The van der Waals surface area contributed by atoms with Gasteiger partial charge in [0.05, 0.1) is 22.3 Å². The minimum Gasteiger partial charge on any atom is -0.365 e. The van der Waals surface area contributed by atoms with E-state index < -0.39 is 0 Å². The molecule has 0 aliphatic carbocycles. The van der Waals surface area contributed by atoms with E-state index in [4.69, 9.17) is 27.9 Å². The zero-order valence-corrected chi connectivity index (χ0v) is 24.0. The Labute approximate surface area is 237 Å². The number of carbonyl (C=O) groups excluding carboxylic acids is 1. The molecule has 194 valence electrons. The highest BCUT2D eigenvalue weighted by Crippen LogP contribution is 2.44. The number of ether oxygens (including phenoxy) is 1. The van der Waals surface area contributed by atoms with Gasteiger partial charge in [-0.25, -0.2) is 0 Å². The van der Waals surface area contributed by atoms with Gasteiger partial charge in [-0.2, -0.15) is 0 Å². The molecule has 3 aromatic carbocycles. The van der Waals surface area contributed by atoms with Gasteiger partial charge >= 0.3 is 0 Å². The number of piperidine rings is 1. The van der Waals surface area contributed by atoms with E-state index in [1.165, 1.54) is 11.1 Å². The number of halogens is 3. The summed E-state index contributed by atoms with van der Waals surface area (Å²) in [5.41, 5.74) is 4.35. The summed E-state index contributed by atoms with van der Waals surface area (Å²) in [5.74, 6) is 0.146. The third-order valence-corrected chi connectivity index (χ3v) is 9.08. The third kappa shape index (κ3) is 5.91. The number of carbonyl (C=O) groups is 1. The molecular formula is C30H31BrCl2N2O2. The van der Waals surface area contributed by atoms with E-state index in [0.717, 1.165) is 48.9 Å². The summed E-state index contributed by atoms with van der Waals surface area (Å²) < 4.78 is 7.30. The molecule has 7 heteroatoms. The van der Waals surface area contributed by atoms with Gasteiger partial charge in [0.1, 0.15) is 0 Å².